The van der Waals surface area contributed by atoms with Gasteiger partial charge in [0.15, 0.2) is 5.58 Å². The topological polar surface area (TPSA) is 68.0 Å². The van der Waals surface area contributed by atoms with Gasteiger partial charge in [0.1, 0.15) is 29.7 Å². The van der Waals surface area contributed by atoms with Crippen LogP contribution >= 0.6 is 0 Å². The van der Waals surface area contributed by atoms with Crippen LogP contribution in [0.1, 0.15) is 24.2 Å². The molecule has 2 heterocycles. The maximum Gasteiger partial charge on any atom is 0.298 e. The van der Waals surface area contributed by atoms with Gasteiger partial charge in [-0.2, -0.15) is 4.98 Å². The lowest BCUT2D eigenvalue weighted by molar-refractivity contribution is 0.161. The van der Waals surface area contributed by atoms with E-state index in [1.54, 1.807) is 6.92 Å². The van der Waals surface area contributed by atoms with E-state index in [2.05, 4.69) is 4.98 Å². The molecule has 1 atom stereocenters. The van der Waals surface area contributed by atoms with Gasteiger partial charge in [-0.15, -0.1) is 0 Å². The third-order valence-electron chi connectivity index (χ3n) is 5.36. The first-order valence-electron chi connectivity index (χ1n) is 10.4. The van der Waals surface area contributed by atoms with Gasteiger partial charge in [0.25, 0.3) is 6.01 Å². The summed E-state index contributed by atoms with van der Waals surface area (Å²) in [4.78, 5) is 6.59. The zero-order chi connectivity index (χ0) is 21.2. The van der Waals surface area contributed by atoms with Crippen LogP contribution in [0, 0.1) is 0 Å². The van der Waals surface area contributed by atoms with Gasteiger partial charge in [0, 0.05) is 6.07 Å². The summed E-state index contributed by atoms with van der Waals surface area (Å²) in [6.45, 7) is 3.66. The number of aliphatic hydroxyl groups is 1. The molecule has 31 heavy (non-hydrogen) atoms. The van der Waals surface area contributed by atoms with Crippen LogP contribution < -0.4 is 14.4 Å². The number of nitrogens with zero attached hydrogens (tertiary/aromatic N) is 2. The van der Waals surface area contributed by atoms with Gasteiger partial charge in [0.2, 0.25) is 0 Å². The number of aromatic nitrogens is 1. The number of hydrogen-bond acceptors (Lipinski definition) is 6. The maximum absolute atomic E-state index is 9.74. The number of anilines is 1. The highest BCUT2D eigenvalue weighted by atomic mass is 16.5. The second-order valence-electron chi connectivity index (χ2n) is 7.79. The summed E-state index contributed by atoms with van der Waals surface area (Å²) in [5, 5.41) is 9.74. The number of rotatable bonds is 7. The first-order chi connectivity index (χ1) is 15.1. The second-order valence-corrected chi connectivity index (χ2v) is 7.79. The Balaban J connectivity index is 1.17. The summed E-state index contributed by atoms with van der Waals surface area (Å²) in [6, 6.07) is 24.0. The molecule has 0 spiro atoms. The highest BCUT2D eigenvalue weighted by molar-refractivity contribution is 5.75. The van der Waals surface area contributed by atoms with Crippen LogP contribution in [-0.2, 0) is 6.61 Å². The van der Waals surface area contributed by atoms with Gasteiger partial charge in [-0.1, -0.05) is 42.5 Å². The van der Waals surface area contributed by atoms with Gasteiger partial charge < -0.3 is 23.9 Å². The van der Waals surface area contributed by atoms with Crippen LogP contribution in [0.4, 0.5) is 6.01 Å². The third-order valence-corrected chi connectivity index (χ3v) is 5.36. The molecule has 1 aliphatic rings. The lowest BCUT2D eigenvalue weighted by Gasteiger charge is -2.37. The fraction of sp³-hybridized carbons (Fsp3) is 0.240. The second kappa shape index (κ2) is 8.32. The van der Waals surface area contributed by atoms with Gasteiger partial charge in [0.05, 0.1) is 19.2 Å². The molecule has 1 saturated heterocycles. The van der Waals surface area contributed by atoms with Gasteiger partial charge in [-0.3, -0.25) is 0 Å². The first-order valence-corrected chi connectivity index (χ1v) is 10.4. The lowest BCUT2D eigenvalue weighted by Crippen LogP contribution is -2.54. The minimum absolute atomic E-state index is 0.0624. The van der Waals surface area contributed by atoms with E-state index in [0.717, 1.165) is 28.1 Å². The van der Waals surface area contributed by atoms with E-state index in [9.17, 15) is 5.11 Å². The van der Waals surface area contributed by atoms with Crippen LogP contribution in [0.25, 0.3) is 11.1 Å². The molecule has 0 radical (unpaired) electrons. The molecule has 0 saturated carbocycles. The zero-order valence-corrected chi connectivity index (χ0v) is 17.3. The Morgan fingerprint density at radius 2 is 1.84 bits per heavy atom. The fourth-order valence-electron chi connectivity index (χ4n) is 3.56. The summed E-state index contributed by atoms with van der Waals surface area (Å²) in [5.74, 6) is 1.57. The number of ether oxygens (including phenoxy) is 2. The number of aliphatic hydroxyl groups excluding tert-OH is 1. The highest BCUT2D eigenvalue weighted by Crippen LogP contribution is 2.29. The van der Waals surface area contributed by atoms with E-state index in [0.29, 0.717) is 31.3 Å². The zero-order valence-electron chi connectivity index (χ0n) is 17.3. The molecule has 1 unspecified atom stereocenters. The molecule has 1 aromatic heterocycles. The number of benzene rings is 3. The average molecular weight is 416 g/mol. The van der Waals surface area contributed by atoms with Crippen LogP contribution in [0.15, 0.2) is 77.2 Å². The normalized spacial score (nSPS) is 15.0. The molecule has 0 aliphatic carbocycles. The van der Waals surface area contributed by atoms with Crippen molar-refractivity contribution in [1.29, 1.82) is 0 Å². The molecule has 0 amide bonds. The molecule has 4 aromatic rings. The molecular weight excluding hydrogens is 392 g/mol. The van der Waals surface area contributed by atoms with Crippen molar-refractivity contribution in [2.75, 3.05) is 18.0 Å². The molecule has 1 aliphatic heterocycles. The van der Waals surface area contributed by atoms with Crippen LogP contribution in [0.3, 0.4) is 0 Å². The summed E-state index contributed by atoms with van der Waals surface area (Å²) >= 11 is 0. The smallest absolute Gasteiger partial charge is 0.298 e. The van der Waals surface area contributed by atoms with Crippen molar-refractivity contribution in [2.24, 2.45) is 0 Å². The molecular formula is C25H24N2O4. The molecule has 158 valence electrons. The van der Waals surface area contributed by atoms with Gasteiger partial charge >= 0.3 is 0 Å². The molecule has 1 fully saturated rings. The van der Waals surface area contributed by atoms with Crippen molar-refractivity contribution in [1.82, 2.24) is 4.98 Å². The largest absolute Gasteiger partial charge is 0.489 e. The Kier molecular flexibility index (Phi) is 5.22. The van der Waals surface area contributed by atoms with Crippen molar-refractivity contribution in [3.63, 3.8) is 0 Å². The minimum atomic E-state index is -0.535. The van der Waals surface area contributed by atoms with Crippen LogP contribution in [-0.4, -0.2) is 29.3 Å². The summed E-state index contributed by atoms with van der Waals surface area (Å²) < 4.78 is 17.9. The first kappa shape index (κ1) is 19.5. The quantitative estimate of drug-likeness (QED) is 0.470. The molecule has 6 heteroatoms. The Labute approximate surface area is 180 Å². The van der Waals surface area contributed by atoms with Crippen LogP contribution in [0.5, 0.6) is 11.5 Å². The Bertz CT molecular complexity index is 1170. The Morgan fingerprint density at radius 3 is 2.65 bits per heavy atom. The summed E-state index contributed by atoms with van der Waals surface area (Å²) in [5.41, 5.74) is 3.41. The molecule has 6 nitrogen and oxygen atoms in total. The monoisotopic (exact) mass is 416 g/mol. The Hall–Kier alpha value is -3.51. The van der Waals surface area contributed by atoms with Crippen molar-refractivity contribution in [3.8, 4) is 11.5 Å². The van der Waals surface area contributed by atoms with E-state index in [1.165, 1.54) is 0 Å². The predicted octanol–water partition coefficient (Wildman–Crippen LogP) is 4.73. The highest BCUT2D eigenvalue weighted by Gasteiger charge is 2.32. The van der Waals surface area contributed by atoms with E-state index < -0.39 is 6.10 Å². The SMILES string of the molecule is CC(O)c1ccc2nc(N3CC(Oc4cccc(OCc5ccccc5)c4)C3)oc2c1. The summed E-state index contributed by atoms with van der Waals surface area (Å²) in [6.07, 6.45) is -0.473. The van der Waals surface area contributed by atoms with Crippen LogP contribution in [0.2, 0.25) is 0 Å². The van der Waals surface area contributed by atoms with Crippen molar-refractivity contribution in [3.05, 3.63) is 83.9 Å². The fourth-order valence-corrected chi connectivity index (χ4v) is 3.56. The standard InChI is InChI=1S/C25H24N2O4/c1-17(28)19-10-11-23-24(12-19)31-25(26-23)27-14-22(15-27)30-21-9-5-8-20(13-21)29-16-18-6-3-2-4-7-18/h2-13,17,22,28H,14-16H2,1H3. The number of fused-ring (bicyclic) bond motifs is 1. The molecule has 3 aromatic carbocycles. The van der Waals surface area contributed by atoms with E-state index in [1.807, 2.05) is 77.7 Å². The number of hydrogen-bond donors (Lipinski definition) is 1. The molecule has 1 N–H and O–H groups in total. The van der Waals surface area contributed by atoms with Crippen molar-refractivity contribution in [2.45, 2.75) is 25.7 Å². The Morgan fingerprint density at radius 1 is 1.03 bits per heavy atom. The van der Waals surface area contributed by atoms with Gasteiger partial charge in [-0.25, -0.2) is 0 Å². The van der Waals surface area contributed by atoms with Crippen molar-refractivity contribution < 1.29 is 19.0 Å². The molecule has 5 rings (SSSR count). The van der Waals surface area contributed by atoms with Gasteiger partial charge in [-0.05, 0) is 42.3 Å². The maximum atomic E-state index is 9.74. The summed E-state index contributed by atoms with van der Waals surface area (Å²) in [7, 11) is 0. The van der Waals surface area contributed by atoms with E-state index >= 15 is 0 Å². The van der Waals surface area contributed by atoms with E-state index in [4.69, 9.17) is 13.9 Å². The molecule has 0 bridgehead atoms. The number of oxazole rings is 1. The van der Waals surface area contributed by atoms with Crippen molar-refractivity contribution >= 4 is 17.1 Å². The average Bonchev–Trinajstić information content (AvgIpc) is 3.18. The minimum Gasteiger partial charge on any atom is -0.489 e. The van der Waals surface area contributed by atoms with E-state index in [-0.39, 0.29) is 6.10 Å². The lowest BCUT2D eigenvalue weighted by atomic mass is 10.1. The third kappa shape index (κ3) is 4.34. The predicted molar refractivity (Wildman–Crippen MR) is 118 cm³/mol.